The van der Waals surface area contributed by atoms with Crippen LogP contribution in [0, 0.1) is 0 Å². The van der Waals surface area contributed by atoms with Crippen LogP contribution in [0.2, 0.25) is 5.02 Å². The Kier molecular flexibility index (Phi) is 4.56. The number of rotatable bonds is 4. The SMILES string of the molecule is O=C1CCCN1CCCN1COc2c(Cl)cc3c4c(c(=O)oc3c2C1)CCC4. The van der Waals surface area contributed by atoms with Crippen LogP contribution in [0.1, 0.15) is 42.4 Å². The molecule has 148 valence electrons. The highest BCUT2D eigenvalue weighted by Gasteiger charge is 2.28. The van der Waals surface area contributed by atoms with Crippen LogP contribution in [0.4, 0.5) is 0 Å². The number of halogens is 1. The normalized spacial score (nSPS) is 19.2. The molecule has 1 saturated heterocycles. The molecule has 3 aliphatic rings. The number of benzene rings is 1. The summed E-state index contributed by atoms with van der Waals surface area (Å²) in [5, 5.41) is 1.52. The van der Waals surface area contributed by atoms with E-state index in [0.717, 1.165) is 73.8 Å². The highest BCUT2D eigenvalue weighted by molar-refractivity contribution is 6.33. The molecule has 1 aromatic heterocycles. The van der Waals surface area contributed by atoms with E-state index in [-0.39, 0.29) is 11.5 Å². The molecule has 0 atom stereocenters. The highest BCUT2D eigenvalue weighted by atomic mass is 35.5. The third-order valence-electron chi connectivity index (χ3n) is 6.11. The molecule has 1 fully saturated rings. The van der Waals surface area contributed by atoms with Gasteiger partial charge >= 0.3 is 5.63 Å². The molecule has 0 unspecified atom stereocenters. The summed E-state index contributed by atoms with van der Waals surface area (Å²) in [6.45, 7) is 3.53. The van der Waals surface area contributed by atoms with E-state index in [1.165, 1.54) is 0 Å². The molecule has 1 aliphatic carbocycles. The van der Waals surface area contributed by atoms with Gasteiger partial charge in [-0.25, -0.2) is 4.79 Å². The van der Waals surface area contributed by atoms with Gasteiger partial charge in [0, 0.05) is 43.5 Å². The Labute approximate surface area is 168 Å². The summed E-state index contributed by atoms with van der Waals surface area (Å²) in [7, 11) is 0. The Balaban J connectivity index is 1.40. The number of carbonyl (C=O) groups is 1. The summed E-state index contributed by atoms with van der Waals surface area (Å²) < 4.78 is 11.7. The minimum absolute atomic E-state index is 0.228. The predicted molar refractivity (Wildman–Crippen MR) is 106 cm³/mol. The molecule has 5 rings (SSSR count). The second-order valence-electron chi connectivity index (χ2n) is 7.91. The number of amides is 1. The van der Waals surface area contributed by atoms with Gasteiger partial charge < -0.3 is 14.1 Å². The largest absolute Gasteiger partial charge is 0.476 e. The molecular formula is C21H23ClN2O4. The summed E-state index contributed by atoms with van der Waals surface area (Å²) in [6.07, 6.45) is 5.18. The summed E-state index contributed by atoms with van der Waals surface area (Å²) in [6, 6.07) is 1.89. The van der Waals surface area contributed by atoms with Gasteiger partial charge in [-0.1, -0.05) is 11.6 Å². The first-order chi connectivity index (χ1) is 13.6. The van der Waals surface area contributed by atoms with Crippen LogP contribution < -0.4 is 10.4 Å². The van der Waals surface area contributed by atoms with Gasteiger partial charge in [0.05, 0.1) is 10.6 Å². The zero-order valence-corrected chi connectivity index (χ0v) is 16.5. The number of hydrogen-bond acceptors (Lipinski definition) is 5. The second kappa shape index (κ2) is 7.08. The third-order valence-corrected chi connectivity index (χ3v) is 6.39. The molecule has 7 heteroatoms. The molecule has 2 aromatic rings. The Morgan fingerprint density at radius 1 is 1.04 bits per heavy atom. The van der Waals surface area contributed by atoms with Gasteiger partial charge in [0.1, 0.15) is 18.1 Å². The van der Waals surface area contributed by atoms with Crippen molar-refractivity contribution >= 4 is 28.5 Å². The van der Waals surface area contributed by atoms with Crippen molar-refractivity contribution in [1.29, 1.82) is 0 Å². The molecule has 1 amide bonds. The van der Waals surface area contributed by atoms with E-state index < -0.39 is 0 Å². The fraction of sp³-hybridized carbons (Fsp3) is 0.524. The first kappa shape index (κ1) is 18.0. The van der Waals surface area contributed by atoms with Crippen LogP contribution >= 0.6 is 11.6 Å². The summed E-state index contributed by atoms with van der Waals surface area (Å²) in [5.74, 6) is 0.884. The van der Waals surface area contributed by atoms with Crippen molar-refractivity contribution in [3.05, 3.63) is 38.2 Å². The lowest BCUT2D eigenvalue weighted by atomic mass is 10.0. The van der Waals surface area contributed by atoms with Crippen molar-refractivity contribution in [3.8, 4) is 5.75 Å². The lowest BCUT2D eigenvalue weighted by molar-refractivity contribution is -0.127. The van der Waals surface area contributed by atoms with Crippen molar-refractivity contribution in [2.75, 3.05) is 26.4 Å². The number of carbonyl (C=O) groups excluding carboxylic acids is 1. The minimum Gasteiger partial charge on any atom is -0.476 e. The molecule has 1 aromatic carbocycles. The van der Waals surface area contributed by atoms with Crippen LogP contribution in [0.5, 0.6) is 5.75 Å². The summed E-state index contributed by atoms with van der Waals surface area (Å²) in [4.78, 5) is 28.3. The van der Waals surface area contributed by atoms with Crippen LogP contribution in [0.15, 0.2) is 15.3 Å². The summed E-state index contributed by atoms with van der Waals surface area (Å²) in [5.41, 5.74) is 3.13. The van der Waals surface area contributed by atoms with Crippen LogP contribution in [0.25, 0.3) is 11.0 Å². The van der Waals surface area contributed by atoms with Crippen LogP contribution in [0.3, 0.4) is 0 Å². The zero-order chi connectivity index (χ0) is 19.3. The fourth-order valence-electron chi connectivity index (χ4n) is 4.72. The van der Waals surface area contributed by atoms with Gasteiger partial charge in [-0.2, -0.15) is 0 Å². The quantitative estimate of drug-likeness (QED) is 0.735. The Bertz CT molecular complexity index is 1020. The van der Waals surface area contributed by atoms with E-state index in [1.807, 2.05) is 11.0 Å². The topological polar surface area (TPSA) is 63.0 Å². The third kappa shape index (κ3) is 2.99. The Morgan fingerprint density at radius 2 is 1.89 bits per heavy atom. The molecular weight excluding hydrogens is 380 g/mol. The maximum Gasteiger partial charge on any atom is 0.339 e. The van der Waals surface area contributed by atoms with Crippen molar-refractivity contribution in [1.82, 2.24) is 9.80 Å². The molecule has 28 heavy (non-hydrogen) atoms. The number of fused-ring (bicyclic) bond motifs is 5. The van der Waals surface area contributed by atoms with E-state index in [1.54, 1.807) is 0 Å². The zero-order valence-electron chi connectivity index (χ0n) is 15.8. The molecule has 0 N–H and O–H groups in total. The molecule has 0 radical (unpaired) electrons. The molecule has 0 saturated carbocycles. The van der Waals surface area contributed by atoms with Gasteiger partial charge in [0.2, 0.25) is 5.91 Å². The van der Waals surface area contributed by atoms with E-state index in [2.05, 4.69) is 4.90 Å². The first-order valence-corrected chi connectivity index (χ1v) is 10.4. The molecule has 2 aliphatic heterocycles. The van der Waals surface area contributed by atoms with E-state index in [0.29, 0.717) is 36.1 Å². The van der Waals surface area contributed by atoms with Crippen LogP contribution in [-0.2, 0) is 24.2 Å². The van der Waals surface area contributed by atoms with Crippen LogP contribution in [-0.4, -0.2) is 42.1 Å². The first-order valence-electron chi connectivity index (χ1n) is 10.0. The van der Waals surface area contributed by atoms with Gasteiger partial charge in [-0.3, -0.25) is 9.69 Å². The van der Waals surface area contributed by atoms with Gasteiger partial charge in [0.15, 0.2) is 0 Å². The average molecular weight is 403 g/mol. The molecule has 0 bridgehead atoms. The lowest BCUT2D eigenvalue weighted by Gasteiger charge is -2.30. The Morgan fingerprint density at radius 3 is 2.71 bits per heavy atom. The number of nitrogens with zero attached hydrogens (tertiary/aromatic N) is 2. The second-order valence-corrected chi connectivity index (χ2v) is 8.31. The smallest absolute Gasteiger partial charge is 0.339 e. The number of aryl methyl sites for hydroxylation is 1. The number of likely N-dealkylation sites (tertiary alicyclic amines) is 1. The predicted octanol–water partition coefficient (Wildman–Crippen LogP) is 3.10. The molecule has 0 spiro atoms. The maximum atomic E-state index is 12.4. The van der Waals surface area contributed by atoms with Crippen molar-refractivity contribution < 1.29 is 13.9 Å². The van der Waals surface area contributed by atoms with Crippen molar-refractivity contribution in [2.45, 2.75) is 45.1 Å². The standard InChI is InChI=1S/C21H23ClN2O4/c22-17-10-15-13-4-1-5-14(13)21(26)28-19(15)16-11-23(12-27-20(16)17)7-3-9-24-8-2-6-18(24)25/h10H,1-9,11-12H2. The van der Waals surface area contributed by atoms with Gasteiger partial charge in [-0.05, 0) is 43.7 Å². The summed E-state index contributed by atoms with van der Waals surface area (Å²) >= 11 is 6.51. The van der Waals surface area contributed by atoms with Gasteiger partial charge in [-0.15, -0.1) is 0 Å². The number of ether oxygens (including phenoxy) is 1. The maximum absolute atomic E-state index is 12.4. The minimum atomic E-state index is -0.228. The van der Waals surface area contributed by atoms with E-state index in [4.69, 9.17) is 20.8 Å². The van der Waals surface area contributed by atoms with Crippen molar-refractivity contribution in [2.24, 2.45) is 0 Å². The highest BCUT2D eigenvalue weighted by Crippen LogP contribution is 2.41. The van der Waals surface area contributed by atoms with E-state index >= 15 is 0 Å². The van der Waals surface area contributed by atoms with Crippen molar-refractivity contribution in [3.63, 3.8) is 0 Å². The van der Waals surface area contributed by atoms with E-state index in [9.17, 15) is 9.59 Å². The van der Waals surface area contributed by atoms with Gasteiger partial charge in [0.25, 0.3) is 0 Å². The molecule has 3 heterocycles. The fourth-order valence-corrected chi connectivity index (χ4v) is 5.00. The molecule has 6 nitrogen and oxygen atoms in total. The average Bonchev–Trinajstić information content (AvgIpc) is 3.33. The Hall–Kier alpha value is -2.05. The lowest BCUT2D eigenvalue weighted by Crippen LogP contribution is -2.35. The number of hydrogen-bond donors (Lipinski definition) is 0. The monoisotopic (exact) mass is 402 g/mol.